The molecule has 32 heavy (non-hydrogen) atoms. The van der Waals surface area contributed by atoms with Gasteiger partial charge in [-0.25, -0.2) is 9.59 Å². The number of rotatable bonds is 6. The maximum Gasteiger partial charge on any atom is 0.341 e. The Labute approximate surface area is 186 Å². The topological polar surface area (TPSA) is 111 Å². The molecule has 166 valence electrons. The molecule has 3 aromatic rings. The van der Waals surface area contributed by atoms with Gasteiger partial charge in [-0.1, -0.05) is 35.4 Å². The van der Waals surface area contributed by atoms with Crippen molar-refractivity contribution in [3.63, 3.8) is 0 Å². The fourth-order valence-electron chi connectivity index (χ4n) is 2.75. The monoisotopic (exact) mass is 454 g/mol. The minimum Gasteiger partial charge on any atom is -0.465 e. The number of hydrogen-bond donors (Lipinski definition) is 2. The number of aryl methyl sites for hydroxylation is 2. The number of anilines is 2. The van der Waals surface area contributed by atoms with Crippen molar-refractivity contribution in [3.05, 3.63) is 83.4 Å². The van der Waals surface area contributed by atoms with Crippen LogP contribution in [0.5, 0.6) is 5.75 Å². The highest BCUT2D eigenvalue weighted by molar-refractivity contribution is 7.87. The first-order chi connectivity index (χ1) is 15.2. The molecule has 0 fully saturated rings. The van der Waals surface area contributed by atoms with E-state index in [0.29, 0.717) is 5.69 Å². The molecule has 0 heterocycles. The summed E-state index contributed by atoms with van der Waals surface area (Å²) in [6.07, 6.45) is 0. The number of carbonyl (C=O) groups excluding carboxylic acids is 2. The minimum absolute atomic E-state index is 0.0569. The van der Waals surface area contributed by atoms with E-state index in [4.69, 9.17) is 8.92 Å². The normalized spacial score (nSPS) is 10.8. The second-order valence-electron chi connectivity index (χ2n) is 7.00. The van der Waals surface area contributed by atoms with Crippen molar-refractivity contribution in [1.29, 1.82) is 0 Å². The van der Waals surface area contributed by atoms with Gasteiger partial charge in [-0.3, -0.25) is 0 Å². The van der Waals surface area contributed by atoms with E-state index in [1.165, 1.54) is 30.3 Å². The molecular weight excluding hydrogens is 432 g/mol. The molecule has 0 aliphatic carbocycles. The summed E-state index contributed by atoms with van der Waals surface area (Å²) >= 11 is 0. The molecular formula is C23H22N2O6S. The molecule has 0 aromatic heterocycles. The largest absolute Gasteiger partial charge is 0.465 e. The lowest BCUT2D eigenvalue weighted by molar-refractivity contribution is 0.0599. The SMILES string of the molecule is COC(=O)c1cc(NC(=O)Nc2ccc(C)cc2)ccc1OS(=O)(=O)c1ccc(C)cc1. The Hall–Kier alpha value is -3.85. The quantitative estimate of drug-likeness (QED) is 0.419. The van der Waals surface area contributed by atoms with E-state index >= 15 is 0 Å². The third-order valence-electron chi connectivity index (χ3n) is 4.46. The van der Waals surface area contributed by atoms with Crippen LogP contribution in [0.3, 0.4) is 0 Å². The summed E-state index contributed by atoms with van der Waals surface area (Å²) in [7, 11) is -3.02. The van der Waals surface area contributed by atoms with Gasteiger partial charge < -0.3 is 19.6 Å². The van der Waals surface area contributed by atoms with E-state index in [9.17, 15) is 18.0 Å². The van der Waals surface area contributed by atoms with Gasteiger partial charge in [-0.2, -0.15) is 8.42 Å². The molecule has 0 spiro atoms. The van der Waals surface area contributed by atoms with Gasteiger partial charge in [0.2, 0.25) is 0 Å². The number of benzene rings is 3. The van der Waals surface area contributed by atoms with E-state index < -0.39 is 22.1 Å². The summed E-state index contributed by atoms with van der Waals surface area (Å²) in [5.74, 6) is -1.04. The second kappa shape index (κ2) is 9.52. The zero-order chi connectivity index (χ0) is 23.3. The number of hydrogen-bond acceptors (Lipinski definition) is 6. The van der Waals surface area contributed by atoms with E-state index in [0.717, 1.165) is 18.2 Å². The van der Waals surface area contributed by atoms with Crippen LogP contribution in [0, 0.1) is 13.8 Å². The Morgan fingerprint density at radius 3 is 1.91 bits per heavy atom. The van der Waals surface area contributed by atoms with E-state index in [2.05, 4.69) is 10.6 Å². The van der Waals surface area contributed by atoms with Crippen molar-refractivity contribution in [2.75, 3.05) is 17.7 Å². The van der Waals surface area contributed by atoms with Gasteiger partial charge in [-0.05, 0) is 56.3 Å². The van der Waals surface area contributed by atoms with Gasteiger partial charge in [0.1, 0.15) is 10.5 Å². The van der Waals surface area contributed by atoms with Crippen LogP contribution in [-0.2, 0) is 14.9 Å². The summed E-state index contributed by atoms with van der Waals surface area (Å²) in [5.41, 5.74) is 2.62. The number of urea groups is 1. The Morgan fingerprint density at radius 2 is 1.31 bits per heavy atom. The van der Waals surface area contributed by atoms with Crippen molar-refractivity contribution in [3.8, 4) is 5.75 Å². The Kier molecular flexibility index (Phi) is 6.79. The first-order valence-electron chi connectivity index (χ1n) is 9.56. The van der Waals surface area contributed by atoms with Crippen molar-refractivity contribution in [2.24, 2.45) is 0 Å². The van der Waals surface area contributed by atoms with Crippen molar-refractivity contribution in [2.45, 2.75) is 18.7 Å². The standard InChI is InChI=1S/C23H22N2O6S/c1-15-4-8-17(9-5-15)24-23(27)25-18-10-13-21(20(14-18)22(26)30-3)31-32(28,29)19-11-6-16(2)7-12-19/h4-14H,1-3H3,(H2,24,25,27). The van der Waals surface area contributed by atoms with E-state index in [-0.39, 0.29) is 21.9 Å². The van der Waals surface area contributed by atoms with Crippen molar-refractivity contribution < 1.29 is 26.9 Å². The molecule has 0 saturated heterocycles. The van der Waals surface area contributed by atoms with Crippen LogP contribution < -0.4 is 14.8 Å². The molecule has 0 saturated carbocycles. The highest BCUT2D eigenvalue weighted by atomic mass is 32.2. The second-order valence-corrected chi connectivity index (χ2v) is 8.54. The van der Waals surface area contributed by atoms with Crippen LogP contribution in [0.25, 0.3) is 0 Å². The Bertz CT molecular complexity index is 1240. The third kappa shape index (κ3) is 5.64. The molecule has 9 heteroatoms. The summed E-state index contributed by atoms with van der Waals surface area (Å²) in [6.45, 7) is 3.76. The summed E-state index contributed by atoms with van der Waals surface area (Å²) < 4.78 is 35.2. The van der Waals surface area contributed by atoms with Crippen LogP contribution in [0.2, 0.25) is 0 Å². The molecule has 0 aliphatic rings. The predicted octanol–water partition coefficient (Wildman–Crippen LogP) is 4.50. The lowest BCUT2D eigenvalue weighted by atomic mass is 10.2. The number of nitrogens with one attached hydrogen (secondary N) is 2. The number of amides is 2. The van der Waals surface area contributed by atoms with E-state index in [1.807, 2.05) is 26.0 Å². The smallest absolute Gasteiger partial charge is 0.341 e. The summed E-state index contributed by atoms with van der Waals surface area (Å²) in [6, 6.07) is 16.7. The van der Waals surface area contributed by atoms with Crippen molar-refractivity contribution in [1.82, 2.24) is 0 Å². The van der Waals surface area contributed by atoms with Gasteiger partial charge in [0.05, 0.1) is 7.11 Å². The lowest BCUT2D eigenvalue weighted by Gasteiger charge is -2.13. The van der Waals surface area contributed by atoms with Gasteiger partial charge in [0, 0.05) is 11.4 Å². The van der Waals surface area contributed by atoms with Crippen LogP contribution in [0.15, 0.2) is 71.6 Å². The minimum atomic E-state index is -4.18. The lowest BCUT2D eigenvalue weighted by Crippen LogP contribution is -2.20. The first kappa shape index (κ1) is 22.8. The van der Waals surface area contributed by atoms with Crippen LogP contribution in [0.4, 0.5) is 16.2 Å². The maximum absolute atomic E-state index is 12.6. The van der Waals surface area contributed by atoms with Gasteiger partial charge >= 0.3 is 22.1 Å². The van der Waals surface area contributed by atoms with E-state index in [1.54, 1.807) is 24.3 Å². The zero-order valence-electron chi connectivity index (χ0n) is 17.7. The zero-order valence-corrected chi connectivity index (χ0v) is 18.5. The Balaban J connectivity index is 1.82. The fourth-order valence-corrected chi connectivity index (χ4v) is 3.70. The molecule has 0 aliphatic heterocycles. The highest BCUT2D eigenvalue weighted by Gasteiger charge is 2.22. The molecule has 0 atom stereocenters. The van der Waals surface area contributed by atoms with Gasteiger partial charge in [0.25, 0.3) is 0 Å². The molecule has 8 nitrogen and oxygen atoms in total. The van der Waals surface area contributed by atoms with Crippen LogP contribution in [0.1, 0.15) is 21.5 Å². The fraction of sp³-hybridized carbons (Fsp3) is 0.130. The molecule has 0 unspecified atom stereocenters. The maximum atomic E-state index is 12.6. The van der Waals surface area contributed by atoms with Crippen molar-refractivity contribution >= 4 is 33.5 Å². The van der Waals surface area contributed by atoms with Gasteiger partial charge in [0.15, 0.2) is 5.75 Å². The predicted molar refractivity (Wildman–Crippen MR) is 121 cm³/mol. The third-order valence-corrected chi connectivity index (χ3v) is 5.71. The number of methoxy groups -OCH3 is 1. The molecule has 3 rings (SSSR count). The Morgan fingerprint density at radius 1 is 0.781 bits per heavy atom. The summed E-state index contributed by atoms with van der Waals surface area (Å²) in [4.78, 5) is 24.5. The molecule has 2 N–H and O–H groups in total. The number of carbonyl (C=O) groups is 2. The van der Waals surface area contributed by atoms with Gasteiger partial charge in [-0.15, -0.1) is 0 Å². The average molecular weight is 455 g/mol. The molecule has 3 aromatic carbocycles. The summed E-state index contributed by atoms with van der Waals surface area (Å²) in [5, 5.41) is 5.26. The van der Waals surface area contributed by atoms with Crippen LogP contribution >= 0.6 is 0 Å². The molecule has 0 bridgehead atoms. The first-order valence-corrected chi connectivity index (χ1v) is 11.0. The highest BCUT2D eigenvalue weighted by Crippen LogP contribution is 2.27. The number of esters is 1. The molecule has 2 amide bonds. The average Bonchev–Trinajstić information content (AvgIpc) is 2.76. The number of ether oxygens (including phenoxy) is 1. The van der Waals surface area contributed by atoms with Crippen LogP contribution in [-0.4, -0.2) is 27.5 Å². The molecule has 0 radical (unpaired) electrons.